The Morgan fingerprint density at radius 2 is 1.78 bits per heavy atom. The van der Waals surface area contributed by atoms with E-state index in [0.717, 1.165) is 31.5 Å². The van der Waals surface area contributed by atoms with Gasteiger partial charge in [-0.15, -0.1) is 0 Å². The van der Waals surface area contributed by atoms with E-state index in [9.17, 15) is 5.11 Å². The predicted molar refractivity (Wildman–Crippen MR) is 73.6 cm³/mol. The van der Waals surface area contributed by atoms with E-state index < -0.39 is 0 Å². The molecule has 0 unspecified atom stereocenters. The van der Waals surface area contributed by atoms with Gasteiger partial charge in [-0.1, -0.05) is 26.7 Å². The van der Waals surface area contributed by atoms with Gasteiger partial charge in [0.2, 0.25) is 0 Å². The Kier molecular flexibility index (Phi) is 5.46. The number of piperidine rings is 1. The van der Waals surface area contributed by atoms with Crippen molar-refractivity contribution in [2.75, 3.05) is 26.2 Å². The van der Waals surface area contributed by atoms with Gasteiger partial charge in [0.1, 0.15) is 0 Å². The first-order chi connectivity index (χ1) is 8.63. The van der Waals surface area contributed by atoms with Crippen LogP contribution in [0.15, 0.2) is 0 Å². The molecule has 0 amide bonds. The van der Waals surface area contributed by atoms with Crippen molar-refractivity contribution >= 4 is 0 Å². The summed E-state index contributed by atoms with van der Waals surface area (Å²) in [4.78, 5) is 2.40. The van der Waals surface area contributed by atoms with Crippen molar-refractivity contribution in [2.45, 2.75) is 58.2 Å². The molecule has 1 saturated heterocycles. The van der Waals surface area contributed by atoms with Crippen LogP contribution in [-0.2, 0) is 4.74 Å². The zero-order chi connectivity index (χ0) is 13.0. The minimum Gasteiger partial charge on any atom is -0.389 e. The number of aliphatic hydroxyl groups is 1. The SMILES string of the molecule is C[C@H]1C[C@H](C)CN(C[C@H](O)COC2CCCC2)C1. The Bertz CT molecular complexity index is 231. The molecular formula is C15H29NO2. The van der Waals surface area contributed by atoms with Crippen LogP contribution in [0.25, 0.3) is 0 Å². The third-order valence-corrected chi connectivity index (χ3v) is 4.24. The van der Waals surface area contributed by atoms with E-state index in [-0.39, 0.29) is 6.10 Å². The minimum absolute atomic E-state index is 0.317. The number of β-amino-alcohol motifs (C(OH)–C–C–N with tert-alkyl or cyclic N) is 1. The first-order valence-electron chi connectivity index (χ1n) is 7.65. The quantitative estimate of drug-likeness (QED) is 0.818. The molecule has 0 spiro atoms. The summed E-state index contributed by atoms with van der Waals surface area (Å²) in [5, 5.41) is 10.1. The van der Waals surface area contributed by atoms with Gasteiger partial charge in [0, 0.05) is 19.6 Å². The first kappa shape index (κ1) is 14.3. The molecule has 1 aliphatic heterocycles. The fourth-order valence-electron chi connectivity index (χ4n) is 3.59. The van der Waals surface area contributed by atoms with Gasteiger partial charge in [-0.25, -0.2) is 0 Å². The highest BCUT2D eigenvalue weighted by atomic mass is 16.5. The van der Waals surface area contributed by atoms with Crippen LogP contribution in [0.5, 0.6) is 0 Å². The smallest absolute Gasteiger partial charge is 0.0900 e. The average Bonchev–Trinajstić information content (AvgIpc) is 2.77. The van der Waals surface area contributed by atoms with Crippen molar-refractivity contribution in [3.63, 3.8) is 0 Å². The van der Waals surface area contributed by atoms with Crippen LogP contribution in [0.3, 0.4) is 0 Å². The summed E-state index contributed by atoms with van der Waals surface area (Å²) in [5.74, 6) is 1.52. The second kappa shape index (κ2) is 6.88. The molecule has 1 aliphatic carbocycles. The highest BCUT2D eigenvalue weighted by Crippen LogP contribution is 2.22. The highest BCUT2D eigenvalue weighted by Gasteiger charge is 2.24. The van der Waals surface area contributed by atoms with Crippen LogP contribution >= 0.6 is 0 Å². The lowest BCUT2D eigenvalue weighted by molar-refractivity contribution is -0.0250. The number of nitrogens with zero attached hydrogens (tertiary/aromatic N) is 1. The van der Waals surface area contributed by atoms with Crippen molar-refractivity contribution < 1.29 is 9.84 Å². The topological polar surface area (TPSA) is 32.7 Å². The van der Waals surface area contributed by atoms with E-state index >= 15 is 0 Å². The molecule has 106 valence electrons. The Labute approximate surface area is 112 Å². The molecule has 0 aromatic carbocycles. The van der Waals surface area contributed by atoms with Crippen LogP contribution in [0.1, 0.15) is 46.0 Å². The van der Waals surface area contributed by atoms with E-state index in [0.29, 0.717) is 12.7 Å². The lowest BCUT2D eigenvalue weighted by Gasteiger charge is -2.36. The van der Waals surface area contributed by atoms with E-state index in [1.54, 1.807) is 0 Å². The van der Waals surface area contributed by atoms with Gasteiger partial charge in [-0.2, -0.15) is 0 Å². The lowest BCUT2D eigenvalue weighted by Crippen LogP contribution is -2.43. The number of hydrogen-bond donors (Lipinski definition) is 1. The Morgan fingerprint density at radius 3 is 2.39 bits per heavy atom. The third kappa shape index (κ3) is 4.52. The minimum atomic E-state index is -0.317. The van der Waals surface area contributed by atoms with Crippen molar-refractivity contribution in [3.05, 3.63) is 0 Å². The predicted octanol–water partition coefficient (Wildman–Crippen LogP) is 2.28. The zero-order valence-corrected chi connectivity index (χ0v) is 12.0. The van der Waals surface area contributed by atoms with Gasteiger partial charge in [0.05, 0.1) is 18.8 Å². The maximum absolute atomic E-state index is 10.1. The molecule has 18 heavy (non-hydrogen) atoms. The monoisotopic (exact) mass is 255 g/mol. The van der Waals surface area contributed by atoms with Crippen LogP contribution in [0.4, 0.5) is 0 Å². The Morgan fingerprint density at radius 1 is 1.17 bits per heavy atom. The summed E-state index contributed by atoms with van der Waals surface area (Å²) in [6, 6.07) is 0. The second-order valence-corrected chi connectivity index (χ2v) is 6.56. The number of hydrogen-bond acceptors (Lipinski definition) is 3. The lowest BCUT2D eigenvalue weighted by atomic mass is 9.92. The van der Waals surface area contributed by atoms with Gasteiger partial charge in [0.15, 0.2) is 0 Å². The standard InChI is InChI=1S/C15H29NO2/c1-12-7-13(2)9-16(8-12)10-14(17)11-18-15-5-3-4-6-15/h12-15,17H,3-11H2,1-2H3/t12-,13-,14-/m0/s1. The van der Waals surface area contributed by atoms with E-state index in [2.05, 4.69) is 18.7 Å². The molecule has 3 heteroatoms. The van der Waals surface area contributed by atoms with Crippen LogP contribution in [-0.4, -0.2) is 48.5 Å². The summed E-state index contributed by atoms with van der Waals surface area (Å²) in [6.07, 6.45) is 6.38. The summed E-state index contributed by atoms with van der Waals surface area (Å²) in [5.41, 5.74) is 0. The molecular weight excluding hydrogens is 226 g/mol. The van der Waals surface area contributed by atoms with E-state index in [4.69, 9.17) is 4.74 Å². The van der Waals surface area contributed by atoms with Gasteiger partial charge in [0.25, 0.3) is 0 Å². The van der Waals surface area contributed by atoms with Crippen molar-refractivity contribution in [1.29, 1.82) is 0 Å². The van der Waals surface area contributed by atoms with Crippen LogP contribution in [0, 0.1) is 11.8 Å². The summed E-state index contributed by atoms with van der Waals surface area (Å²) in [7, 11) is 0. The Balaban J connectivity index is 1.64. The highest BCUT2D eigenvalue weighted by molar-refractivity contribution is 4.77. The number of rotatable bonds is 5. The van der Waals surface area contributed by atoms with E-state index in [1.165, 1.54) is 32.1 Å². The summed E-state index contributed by atoms with van der Waals surface area (Å²) in [6.45, 7) is 8.18. The zero-order valence-electron chi connectivity index (χ0n) is 12.0. The molecule has 2 rings (SSSR count). The molecule has 2 fully saturated rings. The van der Waals surface area contributed by atoms with Gasteiger partial charge in [-0.05, 0) is 31.1 Å². The molecule has 0 bridgehead atoms. The van der Waals surface area contributed by atoms with Crippen molar-refractivity contribution in [1.82, 2.24) is 4.90 Å². The summed E-state index contributed by atoms with van der Waals surface area (Å²) >= 11 is 0. The molecule has 2 aliphatic rings. The number of ether oxygens (including phenoxy) is 1. The van der Waals surface area contributed by atoms with Crippen LogP contribution < -0.4 is 0 Å². The summed E-state index contributed by atoms with van der Waals surface area (Å²) < 4.78 is 5.78. The average molecular weight is 255 g/mol. The van der Waals surface area contributed by atoms with Crippen molar-refractivity contribution in [3.8, 4) is 0 Å². The largest absolute Gasteiger partial charge is 0.389 e. The Hall–Kier alpha value is -0.120. The molecule has 1 saturated carbocycles. The molecule has 1 N–H and O–H groups in total. The number of aliphatic hydroxyl groups excluding tert-OH is 1. The number of likely N-dealkylation sites (tertiary alicyclic amines) is 1. The molecule has 1 heterocycles. The van der Waals surface area contributed by atoms with Crippen LogP contribution in [0.2, 0.25) is 0 Å². The third-order valence-electron chi connectivity index (χ3n) is 4.24. The van der Waals surface area contributed by atoms with Crippen molar-refractivity contribution in [2.24, 2.45) is 11.8 Å². The molecule has 0 aromatic heterocycles. The second-order valence-electron chi connectivity index (χ2n) is 6.56. The normalized spacial score (nSPS) is 32.8. The van der Waals surface area contributed by atoms with Gasteiger partial charge < -0.3 is 14.7 Å². The molecule has 3 atom stereocenters. The first-order valence-corrected chi connectivity index (χ1v) is 7.65. The van der Waals surface area contributed by atoms with Gasteiger partial charge in [-0.3, -0.25) is 0 Å². The molecule has 3 nitrogen and oxygen atoms in total. The fraction of sp³-hybridized carbons (Fsp3) is 1.00. The fourth-order valence-corrected chi connectivity index (χ4v) is 3.59. The maximum atomic E-state index is 10.1. The molecule has 0 aromatic rings. The van der Waals surface area contributed by atoms with E-state index in [1.807, 2.05) is 0 Å². The van der Waals surface area contributed by atoms with Gasteiger partial charge >= 0.3 is 0 Å². The maximum Gasteiger partial charge on any atom is 0.0900 e. The molecule has 0 radical (unpaired) electrons.